The van der Waals surface area contributed by atoms with E-state index in [2.05, 4.69) is 10.1 Å². The molecular formula is C14H31NO3. The number of carbonyl (C=O) groups excluding carboxylic acids is 2. The summed E-state index contributed by atoms with van der Waals surface area (Å²) in [5.41, 5.74) is 0. The molecule has 1 rings (SSSR count). The zero-order chi connectivity index (χ0) is 14.6. The van der Waals surface area contributed by atoms with Crippen molar-refractivity contribution in [2.45, 2.75) is 59.8 Å². The van der Waals surface area contributed by atoms with Crippen molar-refractivity contribution in [3.63, 3.8) is 0 Å². The number of rotatable bonds is 1. The van der Waals surface area contributed by atoms with Crippen LogP contribution in [0.4, 0.5) is 0 Å². The van der Waals surface area contributed by atoms with E-state index in [4.69, 9.17) is 4.79 Å². The minimum absolute atomic E-state index is 0.231. The highest BCUT2D eigenvalue weighted by Crippen LogP contribution is 2.04. The molecule has 0 atom stereocenters. The van der Waals surface area contributed by atoms with Gasteiger partial charge in [-0.15, -0.1) is 0 Å². The van der Waals surface area contributed by atoms with E-state index in [-0.39, 0.29) is 5.91 Å². The molecule has 0 aliphatic carbocycles. The second-order valence-corrected chi connectivity index (χ2v) is 3.33. The summed E-state index contributed by atoms with van der Waals surface area (Å²) in [6.07, 6.45) is 6.23. The average molecular weight is 261 g/mol. The molecule has 110 valence electrons. The van der Waals surface area contributed by atoms with Crippen molar-refractivity contribution in [1.82, 2.24) is 5.32 Å². The molecule has 1 fully saturated rings. The third-order valence-corrected chi connectivity index (χ3v) is 1.94. The van der Waals surface area contributed by atoms with Crippen LogP contribution in [-0.2, 0) is 14.3 Å². The fraction of sp³-hybridized carbons (Fsp3) is 0.857. The van der Waals surface area contributed by atoms with E-state index in [0.29, 0.717) is 0 Å². The second kappa shape index (κ2) is 25.1. The fourth-order valence-electron chi connectivity index (χ4n) is 1.08. The minimum Gasteiger partial charge on any atom is -0.385 e. The smallest absolute Gasteiger partial charge is 0.219 e. The maximum absolute atomic E-state index is 10.7. The summed E-state index contributed by atoms with van der Waals surface area (Å²) in [5, 5.41) is 2.85. The number of ether oxygens (including phenoxy) is 1. The molecule has 1 N–H and O–H groups in total. The Morgan fingerprint density at radius 2 is 1.67 bits per heavy atom. The Morgan fingerprint density at radius 1 is 1.22 bits per heavy atom. The maximum Gasteiger partial charge on any atom is 0.219 e. The van der Waals surface area contributed by atoms with Crippen LogP contribution in [0.15, 0.2) is 0 Å². The fourth-order valence-corrected chi connectivity index (χ4v) is 1.08. The first-order valence-electron chi connectivity index (χ1n) is 6.88. The minimum atomic E-state index is 0.231. The number of amides is 1. The number of methoxy groups -OCH3 is 1. The molecule has 1 aliphatic rings. The topological polar surface area (TPSA) is 55.4 Å². The monoisotopic (exact) mass is 261 g/mol. The summed E-state index contributed by atoms with van der Waals surface area (Å²) < 4.78 is 4.54. The summed E-state index contributed by atoms with van der Waals surface area (Å²) in [4.78, 5) is 19.5. The van der Waals surface area contributed by atoms with Gasteiger partial charge in [-0.2, -0.15) is 0 Å². The van der Waals surface area contributed by atoms with Crippen LogP contribution in [0, 0.1) is 0 Å². The molecule has 0 bridgehead atoms. The van der Waals surface area contributed by atoms with Crippen LogP contribution < -0.4 is 5.32 Å². The molecule has 18 heavy (non-hydrogen) atoms. The summed E-state index contributed by atoms with van der Waals surface area (Å²) in [6, 6.07) is 0. The van der Waals surface area contributed by atoms with Gasteiger partial charge < -0.3 is 14.8 Å². The highest BCUT2D eigenvalue weighted by atomic mass is 16.5. The zero-order valence-electron chi connectivity index (χ0n) is 12.8. The lowest BCUT2D eigenvalue weighted by Gasteiger charge is -2.08. The van der Waals surface area contributed by atoms with Crippen molar-refractivity contribution >= 4 is 12.2 Å². The van der Waals surface area contributed by atoms with Crippen LogP contribution in [0.5, 0.6) is 0 Å². The van der Waals surface area contributed by atoms with Crippen molar-refractivity contribution in [1.29, 1.82) is 0 Å². The molecule has 1 amide bonds. The Hall–Kier alpha value is -0.900. The predicted molar refractivity (Wildman–Crippen MR) is 76.7 cm³/mol. The van der Waals surface area contributed by atoms with E-state index in [1.807, 2.05) is 20.8 Å². The first kappa shape index (κ1) is 22.3. The van der Waals surface area contributed by atoms with Gasteiger partial charge in [-0.3, -0.25) is 4.79 Å². The Labute approximate surface area is 112 Å². The summed E-state index contributed by atoms with van der Waals surface area (Å²) in [5.74, 6) is 0.231. The van der Waals surface area contributed by atoms with Gasteiger partial charge in [0, 0.05) is 26.7 Å². The van der Waals surface area contributed by atoms with Crippen molar-refractivity contribution < 1.29 is 14.3 Å². The van der Waals surface area contributed by atoms with Crippen molar-refractivity contribution in [3.8, 4) is 0 Å². The van der Waals surface area contributed by atoms with E-state index in [1.54, 1.807) is 7.11 Å². The lowest BCUT2D eigenvalue weighted by molar-refractivity contribution is -0.121. The van der Waals surface area contributed by atoms with Gasteiger partial charge in [0.25, 0.3) is 0 Å². The molecule has 0 aromatic carbocycles. The van der Waals surface area contributed by atoms with Crippen LogP contribution in [0.2, 0.25) is 0 Å². The molecule has 0 aromatic heterocycles. The number of aldehydes is 1. The molecule has 4 nitrogen and oxygen atoms in total. The third kappa shape index (κ3) is 29.4. The highest BCUT2D eigenvalue weighted by molar-refractivity contribution is 5.75. The van der Waals surface area contributed by atoms with Crippen molar-refractivity contribution in [3.05, 3.63) is 0 Å². The van der Waals surface area contributed by atoms with Gasteiger partial charge in [0.05, 0.1) is 0 Å². The average Bonchev–Trinajstić information content (AvgIpc) is 2.38. The molecule has 0 aromatic rings. The highest BCUT2D eigenvalue weighted by Gasteiger charge is 2.02. The zero-order valence-corrected chi connectivity index (χ0v) is 12.8. The number of hydrogen-bond donors (Lipinski definition) is 1. The SMILES string of the molecule is CC.CC=O.CCOC.O=C1CCCCCCN1. The summed E-state index contributed by atoms with van der Waals surface area (Å²) in [6.45, 7) is 9.11. The van der Waals surface area contributed by atoms with Gasteiger partial charge in [-0.1, -0.05) is 26.7 Å². The number of nitrogens with one attached hydrogen (secondary N) is 1. The van der Waals surface area contributed by atoms with E-state index in [9.17, 15) is 4.79 Å². The van der Waals surface area contributed by atoms with Gasteiger partial charge in [-0.05, 0) is 26.7 Å². The normalized spacial score (nSPS) is 13.7. The Kier molecular flexibility index (Phi) is 31.1. The van der Waals surface area contributed by atoms with Crippen LogP contribution in [0.3, 0.4) is 0 Å². The quantitative estimate of drug-likeness (QED) is 0.738. The second-order valence-electron chi connectivity index (χ2n) is 3.33. The van der Waals surface area contributed by atoms with Crippen LogP contribution in [0.1, 0.15) is 59.8 Å². The lowest BCUT2D eigenvalue weighted by Crippen LogP contribution is -2.25. The van der Waals surface area contributed by atoms with Gasteiger partial charge in [0.2, 0.25) is 5.91 Å². The van der Waals surface area contributed by atoms with Crippen molar-refractivity contribution in [2.24, 2.45) is 0 Å². The number of carbonyl (C=O) groups is 2. The first-order chi connectivity index (χ1) is 8.72. The summed E-state index contributed by atoms with van der Waals surface area (Å²) in [7, 11) is 1.68. The molecule has 0 unspecified atom stereocenters. The third-order valence-electron chi connectivity index (χ3n) is 1.94. The van der Waals surface area contributed by atoms with Crippen LogP contribution in [0.25, 0.3) is 0 Å². The molecule has 0 spiro atoms. The molecule has 4 heteroatoms. The standard InChI is InChI=1S/C7H13NO.C3H8O.C2H4O.C2H6/c9-7-5-3-1-2-4-6-8-7;1-3-4-2;1-2-3;1-2/h1-6H2,(H,8,9);3H2,1-2H3;2H,1H3;1-2H3. The van der Waals surface area contributed by atoms with Crippen LogP contribution >= 0.6 is 0 Å². The summed E-state index contributed by atoms with van der Waals surface area (Å²) >= 11 is 0. The van der Waals surface area contributed by atoms with Gasteiger partial charge in [-0.25, -0.2) is 0 Å². The molecule has 1 saturated heterocycles. The van der Waals surface area contributed by atoms with E-state index < -0.39 is 0 Å². The Morgan fingerprint density at radius 3 is 2.11 bits per heavy atom. The van der Waals surface area contributed by atoms with Crippen molar-refractivity contribution in [2.75, 3.05) is 20.3 Å². The first-order valence-corrected chi connectivity index (χ1v) is 6.88. The van der Waals surface area contributed by atoms with E-state index in [1.165, 1.54) is 19.8 Å². The number of hydrogen-bond acceptors (Lipinski definition) is 3. The molecular weight excluding hydrogens is 230 g/mol. The predicted octanol–water partition coefficient (Wildman–Crippen LogP) is 2.95. The Bertz CT molecular complexity index is 149. The molecule has 0 saturated carbocycles. The van der Waals surface area contributed by atoms with Gasteiger partial charge in [0.15, 0.2) is 0 Å². The maximum atomic E-state index is 10.7. The molecule has 0 radical (unpaired) electrons. The lowest BCUT2D eigenvalue weighted by atomic mass is 10.1. The van der Waals surface area contributed by atoms with Crippen LogP contribution in [-0.4, -0.2) is 32.5 Å². The van der Waals surface area contributed by atoms with E-state index >= 15 is 0 Å². The molecule has 1 aliphatic heterocycles. The molecule has 1 heterocycles. The van der Waals surface area contributed by atoms with Gasteiger partial charge in [0.1, 0.15) is 6.29 Å². The largest absolute Gasteiger partial charge is 0.385 e. The van der Waals surface area contributed by atoms with E-state index in [0.717, 1.165) is 38.7 Å². The Balaban J connectivity index is -0.000000212. The van der Waals surface area contributed by atoms with Gasteiger partial charge >= 0.3 is 0 Å².